The summed E-state index contributed by atoms with van der Waals surface area (Å²) >= 11 is 0. The number of carbonyl (C=O) groups is 1. The minimum Gasteiger partial charge on any atom is -0.457 e. The van der Waals surface area contributed by atoms with Crippen LogP contribution in [0.15, 0.2) is 12.2 Å². The Morgan fingerprint density at radius 3 is 2.06 bits per heavy atom. The monoisotopic (exact) mass is 246 g/mol. The molecule has 0 amide bonds. The molecule has 4 nitrogen and oxygen atoms in total. The van der Waals surface area contributed by atoms with Crippen LogP contribution in [0.1, 0.15) is 20.8 Å². The third-order valence-electron chi connectivity index (χ3n) is 2.48. The van der Waals surface area contributed by atoms with Crippen LogP contribution < -0.4 is 0 Å². The maximum atomic E-state index is 11.4. The molecule has 94 valence electrons. The van der Waals surface area contributed by atoms with E-state index in [1.165, 1.54) is 6.08 Å². The van der Waals surface area contributed by atoms with Crippen LogP contribution in [0.2, 0.25) is 6.55 Å². The van der Waals surface area contributed by atoms with E-state index < -0.39 is 8.56 Å². The molecule has 0 saturated heterocycles. The van der Waals surface area contributed by atoms with E-state index in [4.69, 9.17) is 13.6 Å². The van der Waals surface area contributed by atoms with E-state index in [1.807, 2.05) is 20.4 Å². The minimum absolute atomic E-state index is 0.158. The summed E-state index contributed by atoms with van der Waals surface area (Å²) in [7, 11) is 0.725. The maximum Gasteiger partial charge on any atom is 0.377 e. The third kappa shape index (κ3) is 4.07. The summed E-state index contributed by atoms with van der Waals surface area (Å²) in [5.41, 5.74) is -0.314. The molecule has 0 rings (SSSR count). The molecule has 0 aliphatic rings. The van der Waals surface area contributed by atoms with Crippen LogP contribution in [0.25, 0.3) is 0 Å². The van der Waals surface area contributed by atoms with Crippen LogP contribution in [-0.4, -0.2) is 34.5 Å². The summed E-state index contributed by atoms with van der Waals surface area (Å²) in [5, 5.41) is 0. The van der Waals surface area contributed by atoms with Gasteiger partial charge in [-0.3, -0.25) is 0 Å². The van der Waals surface area contributed by atoms with Crippen LogP contribution in [0.3, 0.4) is 0 Å². The lowest BCUT2D eigenvalue weighted by Gasteiger charge is -2.33. The lowest BCUT2D eigenvalue weighted by molar-refractivity contribution is -0.142. The molecule has 0 aromatic carbocycles. The first-order chi connectivity index (χ1) is 7.41. The van der Waals surface area contributed by atoms with Gasteiger partial charge < -0.3 is 13.6 Å². The molecule has 0 spiro atoms. The van der Waals surface area contributed by atoms with Gasteiger partial charge in [0.05, 0.1) is 0 Å². The fraction of sp³-hybridized carbons (Fsp3) is 0.727. The zero-order valence-corrected chi connectivity index (χ0v) is 11.9. The number of esters is 1. The summed E-state index contributed by atoms with van der Waals surface area (Å²) in [6.07, 6.45) is 3.05. The Labute approximate surface area is 98.8 Å². The molecule has 0 bridgehead atoms. The zero-order chi connectivity index (χ0) is 12.8. The van der Waals surface area contributed by atoms with E-state index in [-0.39, 0.29) is 17.6 Å². The molecular formula is C11H22O4Si. The Balaban J connectivity index is 4.80. The van der Waals surface area contributed by atoms with Gasteiger partial charge in [-0.2, -0.15) is 0 Å². The first-order valence-corrected chi connectivity index (χ1v) is 7.74. The van der Waals surface area contributed by atoms with E-state index in [1.54, 1.807) is 27.2 Å². The van der Waals surface area contributed by atoms with Crippen LogP contribution in [0, 0.1) is 5.92 Å². The second-order valence-corrected chi connectivity index (χ2v) is 7.44. The number of ether oxygens (including phenoxy) is 1. The number of carbonyl (C=O) groups excluding carboxylic acids is 1. The van der Waals surface area contributed by atoms with Crippen molar-refractivity contribution in [3.63, 3.8) is 0 Å². The van der Waals surface area contributed by atoms with Gasteiger partial charge >= 0.3 is 14.5 Å². The molecule has 5 heteroatoms. The van der Waals surface area contributed by atoms with E-state index >= 15 is 0 Å². The first-order valence-electron chi connectivity index (χ1n) is 5.34. The van der Waals surface area contributed by atoms with E-state index in [0.29, 0.717) is 0 Å². The zero-order valence-electron chi connectivity index (χ0n) is 10.9. The van der Waals surface area contributed by atoms with Gasteiger partial charge in [-0.25, -0.2) is 4.79 Å². The van der Waals surface area contributed by atoms with Crippen molar-refractivity contribution in [2.24, 2.45) is 5.92 Å². The number of hydrogen-bond acceptors (Lipinski definition) is 4. The molecule has 16 heavy (non-hydrogen) atoms. The van der Waals surface area contributed by atoms with Gasteiger partial charge in [0.1, 0.15) is 5.73 Å². The highest BCUT2D eigenvalue weighted by Gasteiger charge is 2.44. The van der Waals surface area contributed by atoms with Crippen LogP contribution in [0.4, 0.5) is 0 Å². The van der Waals surface area contributed by atoms with Gasteiger partial charge in [-0.1, -0.05) is 19.9 Å². The molecule has 0 saturated carbocycles. The van der Waals surface area contributed by atoms with Crippen molar-refractivity contribution in [2.75, 3.05) is 14.2 Å². The highest BCUT2D eigenvalue weighted by Crippen LogP contribution is 2.21. The quantitative estimate of drug-likeness (QED) is 0.409. The van der Waals surface area contributed by atoms with E-state index in [9.17, 15) is 4.79 Å². The molecule has 0 heterocycles. The average Bonchev–Trinajstić information content (AvgIpc) is 2.25. The summed E-state index contributed by atoms with van der Waals surface area (Å²) in [6.45, 7) is 7.63. The van der Waals surface area contributed by atoms with Crippen LogP contribution in [-0.2, 0) is 18.4 Å². The molecule has 0 fully saturated rings. The summed E-state index contributed by atoms with van der Waals surface area (Å²) < 4.78 is 16.2. The molecule has 1 atom stereocenters. The number of allylic oxidation sites excluding steroid dienone is 1. The SMILES string of the molecule is CC=CC(=O)OC(C(C)C)[Si](C)(OC)OC. The van der Waals surface area contributed by atoms with Gasteiger partial charge in [0, 0.05) is 20.3 Å². The van der Waals surface area contributed by atoms with Crippen molar-refractivity contribution in [1.29, 1.82) is 0 Å². The fourth-order valence-corrected chi connectivity index (χ4v) is 3.64. The van der Waals surface area contributed by atoms with Gasteiger partial charge in [-0.15, -0.1) is 0 Å². The first kappa shape index (κ1) is 15.3. The van der Waals surface area contributed by atoms with Crippen molar-refractivity contribution < 1.29 is 18.4 Å². The van der Waals surface area contributed by atoms with Gasteiger partial charge in [-0.05, 0) is 19.4 Å². The van der Waals surface area contributed by atoms with Crippen LogP contribution >= 0.6 is 0 Å². The predicted octanol–water partition coefficient (Wildman–Crippen LogP) is 2.03. The molecule has 1 unspecified atom stereocenters. The Kier molecular flexibility index (Phi) is 6.55. The second-order valence-electron chi connectivity index (χ2n) is 4.03. The highest BCUT2D eigenvalue weighted by molar-refractivity contribution is 6.67. The topological polar surface area (TPSA) is 44.8 Å². The Bertz CT molecular complexity index is 246. The summed E-state index contributed by atoms with van der Waals surface area (Å²) in [6, 6.07) is 0. The Morgan fingerprint density at radius 1 is 1.25 bits per heavy atom. The Morgan fingerprint density at radius 2 is 1.75 bits per heavy atom. The molecule has 0 N–H and O–H groups in total. The lowest BCUT2D eigenvalue weighted by Crippen LogP contribution is -2.53. The fourth-order valence-electron chi connectivity index (χ4n) is 1.46. The number of hydrogen-bond donors (Lipinski definition) is 0. The lowest BCUT2D eigenvalue weighted by atomic mass is 10.2. The molecule has 0 radical (unpaired) electrons. The summed E-state index contributed by atoms with van der Waals surface area (Å²) in [4.78, 5) is 11.4. The van der Waals surface area contributed by atoms with Crippen molar-refractivity contribution in [1.82, 2.24) is 0 Å². The predicted molar refractivity (Wildman–Crippen MR) is 65.2 cm³/mol. The smallest absolute Gasteiger partial charge is 0.377 e. The minimum atomic E-state index is -2.46. The van der Waals surface area contributed by atoms with Crippen molar-refractivity contribution in [3.8, 4) is 0 Å². The summed E-state index contributed by atoms with van der Waals surface area (Å²) in [5.74, 6) is -0.195. The highest BCUT2D eigenvalue weighted by atomic mass is 28.4. The molecule has 0 aromatic heterocycles. The second kappa shape index (κ2) is 6.83. The van der Waals surface area contributed by atoms with E-state index in [2.05, 4.69) is 0 Å². The number of rotatable bonds is 6. The van der Waals surface area contributed by atoms with Crippen molar-refractivity contribution >= 4 is 14.5 Å². The molecule has 0 aromatic rings. The largest absolute Gasteiger partial charge is 0.457 e. The molecular weight excluding hydrogens is 224 g/mol. The average molecular weight is 246 g/mol. The van der Waals surface area contributed by atoms with Gasteiger partial charge in [0.25, 0.3) is 0 Å². The molecule has 0 aliphatic heterocycles. The normalized spacial score (nSPS) is 14.4. The Hall–Kier alpha value is -0.653. The van der Waals surface area contributed by atoms with Crippen molar-refractivity contribution in [2.45, 2.75) is 33.0 Å². The van der Waals surface area contributed by atoms with E-state index in [0.717, 1.165) is 0 Å². The third-order valence-corrected chi connectivity index (χ3v) is 5.92. The maximum absolute atomic E-state index is 11.4. The molecule has 0 aliphatic carbocycles. The van der Waals surface area contributed by atoms with Crippen molar-refractivity contribution in [3.05, 3.63) is 12.2 Å². The van der Waals surface area contributed by atoms with Crippen LogP contribution in [0.5, 0.6) is 0 Å². The standard InChI is InChI=1S/C11H22O4Si/c1-7-8-10(12)15-11(9(2)3)16(6,13-4)14-5/h7-9,11H,1-6H3. The van der Waals surface area contributed by atoms with Gasteiger partial charge in [0.2, 0.25) is 0 Å². The van der Waals surface area contributed by atoms with Gasteiger partial charge in [0.15, 0.2) is 0 Å².